The summed E-state index contributed by atoms with van der Waals surface area (Å²) in [4.78, 5) is 16.6. The number of amides is 1. The molecule has 0 saturated carbocycles. The molecule has 0 fully saturated rings. The highest BCUT2D eigenvalue weighted by Crippen LogP contribution is 2.26. The van der Waals surface area contributed by atoms with Crippen LogP contribution in [-0.2, 0) is 0 Å². The van der Waals surface area contributed by atoms with E-state index >= 15 is 0 Å². The molecule has 7 heteroatoms. The first-order valence-electron chi connectivity index (χ1n) is 7.43. The molecule has 128 valence electrons. The fraction of sp³-hybridized carbons (Fsp3) is 0.111. The van der Waals surface area contributed by atoms with Gasteiger partial charge in [0.1, 0.15) is 23.0 Å². The topological polar surface area (TPSA) is 65.4 Å². The van der Waals surface area contributed by atoms with Gasteiger partial charge in [-0.05, 0) is 24.3 Å². The van der Waals surface area contributed by atoms with Crippen LogP contribution >= 0.6 is 0 Å². The van der Waals surface area contributed by atoms with Gasteiger partial charge in [0.05, 0.1) is 26.7 Å². The van der Waals surface area contributed by atoms with E-state index in [9.17, 15) is 9.18 Å². The molecule has 1 amide bonds. The number of benzene rings is 2. The van der Waals surface area contributed by atoms with Crippen molar-refractivity contribution < 1.29 is 18.7 Å². The van der Waals surface area contributed by atoms with Crippen LogP contribution in [0.4, 0.5) is 10.1 Å². The monoisotopic (exact) mass is 341 g/mol. The zero-order chi connectivity index (χ0) is 17.8. The zero-order valence-corrected chi connectivity index (χ0v) is 13.7. The van der Waals surface area contributed by atoms with Gasteiger partial charge in [-0.2, -0.15) is 0 Å². The lowest BCUT2D eigenvalue weighted by Crippen LogP contribution is -2.16. The standard InChI is InChI=1S/C18H16FN3O3/c1-24-15-7-13(8-16(9-15)25-2)21-18(23)17-10-20-11-22(17)14-5-3-12(19)4-6-14/h3-11H,1-2H3,(H,21,23). The third-order valence-electron chi connectivity index (χ3n) is 3.59. The van der Waals surface area contributed by atoms with Crippen LogP contribution in [0.15, 0.2) is 55.0 Å². The molecular formula is C18H16FN3O3. The van der Waals surface area contributed by atoms with Gasteiger partial charge in [-0.15, -0.1) is 0 Å². The summed E-state index contributed by atoms with van der Waals surface area (Å²) in [6.07, 6.45) is 2.93. The van der Waals surface area contributed by atoms with Gasteiger partial charge in [-0.3, -0.25) is 9.36 Å². The minimum Gasteiger partial charge on any atom is -0.497 e. The Morgan fingerprint density at radius 3 is 2.32 bits per heavy atom. The van der Waals surface area contributed by atoms with E-state index in [-0.39, 0.29) is 11.7 Å². The smallest absolute Gasteiger partial charge is 0.274 e. The maximum absolute atomic E-state index is 13.1. The molecule has 1 aromatic heterocycles. The molecular weight excluding hydrogens is 325 g/mol. The summed E-state index contributed by atoms with van der Waals surface area (Å²) in [5.74, 6) is 0.402. The molecule has 1 N–H and O–H groups in total. The second kappa shape index (κ2) is 7.04. The van der Waals surface area contributed by atoms with Gasteiger partial charge in [-0.1, -0.05) is 0 Å². The molecule has 0 bridgehead atoms. The maximum atomic E-state index is 13.1. The minimum absolute atomic E-state index is 0.313. The van der Waals surface area contributed by atoms with Gasteiger partial charge in [0.2, 0.25) is 0 Å². The second-order valence-electron chi connectivity index (χ2n) is 5.18. The van der Waals surface area contributed by atoms with Crippen LogP contribution in [0.25, 0.3) is 5.69 Å². The number of nitrogens with one attached hydrogen (secondary N) is 1. The highest BCUT2D eigenvalue weighted by molar-refractivity contribution is 6.03. The number of rotatable bonds is 5. The summed E-state index contributed by atoms with van der Waals surface area (Å²) in [7, 11) is 3.06. The van der Waals surface area contributed by atoms with Crippen LogP contribution in [0.3, 0.4) is 0 Å². The Morgan fingerprint density at radius 1 is 1.08 bits per heavy atom. The average Bonchev–Trinajstić information content (AvgIpc) is 3.11. The normalized spacial score (nSPS) is 10.4. The number of ether oxygens (including phenoxy) is 2. The number of carbonyl (C=O) groups excluding carboxylic acids is 1. The minimum atomic E-state index is -0.364. The number of hydrogen-bond donors (Lipinski definition) is 1. The molecule has 6 nitrogen and oxygen atoms in total. The molecule has 0 aliphatic rings. The predicted octanol–water partition coefficient (Wildman–Crippen LogP) is 3.28. The van der Waals surface area contributed by atoms with Crippen LogP contribution in [0.2, 0.25) is 0 Å². The Kier molecular flexibility index (Phi) is 4.65. The third kappa shape index (κ3) is 3.60. The number of halogens is 1. The first-order valence-corrected chi connectivity index (χ1v) is 7.43. The summed E-state index contributed by atoms with van der Waals surface area (Å²) >= 11 is 0. The zero-order valence-electron chi connectivity index (χ0n) is 13.7. The maximum Gasteiger partial charge on any atom is 0.274 e. The summed E-state index contributed by atoms with van der Waals surface area (Å²) in [6, 6.07) is 10.9. The Labute approximate surface area is 143 Å². The summed E-state index contributed by atoms with van der Waals surface area (Å²) < 4.78 is 25.0. The van der Waals surface area contributed by atoms with Crippen molar-refractivity contribution in [2.45, 2.75) is 0 Å². The molecule has 0 unspecified atom stereocenters. The average molecular weight is 341 g/mol. The fourth-order valence-corrected chi connectivity index (χ4v) is 2.35. The van der Waals surface area contributed by atoms with Crippen molar-refractivity contribution in [1.29, 1.82) is 0 Å². The number of carbonyl (C=O) groups is 1. The second-order valence-corrected chi connectivity index (χ2v) is 5.18. The molecule has 0 aliphatic carbocycles. The number of hydrogen-bond acceptors (Lipinski definition) is 4. The first kappa shape index (κ1) is 16.5. The van der Waals surface area contributed by atoms with Gasteiger partial charge in [0.25, 0.3) is 5.91 Å². The van der Waals surface area contributed by atoms with Crippen molar-refractivity contribution in [3.8, 4) is 17.2 Å². The van der Waals surface area contributed by atoms with Gasteiger partial charge in [0.15, 0.2) is 0 Å². The van der Waals surface area contributed by atoms with E-state index in [2.05, 4.69) is 10.3 Å². The van der Waals surface area contributed by atoms with Crippen molar-refractivity contribution in [1.82, 2.24) is 9.55 Å². The highest BCUT2D eigenvalue weighted by atomic mass is 19.1. The van der Waals surface area contributed by atoms with Crippen molar-refractivity contribution in [2.75, 3.05) is 19.5 Å². The van der Waals surface area contributed by atoms with Crippen LogP contribution < -0.4 is 14.8 Å². The number of nitrogens with zero attached hydrogens (tertiary/aromatic N) is 2. The summed E-state index contributed by atoms with van der Waals surface area (Å²) in [5, 5.41) is 2.78. The van der Waals surface area contributed by atoms with Crippen molar-refractivity contribution >= 4 is 11.6 Å². The SMILES string of the molecule is COc1cc(NC(=O)c2cncn2-c2ccc(F)cc2)cc(OC)c1. The van der Waals surface area contributed by atoms with Crippen LogP contribution in [0.1, 0.15) is 10.5 Å². The van der Waals surface area contributed by atoms with Crippen molar-refractivity contribution in [3.63, 3.8) is 0 Å². The van der Waals surface area contributed by atoms with Gasteiger partial charge < -0.3 is 14.8 Å². The van der Waals surface area contributed by atoms with Gasteiger partial charge in [-0.25, -0.2) is 9.37 Å². The lowest BCUT2D eigenvalue weighted by molar-refractivity contribution is 0.102. The Hall–Kier alpha value is -3.35. The number of aromatic nitrogens is 2. The van der Waals surface area contributed by atoms with Crippen LogP contribution in [0, 0.1) is 5.82 Å². The lowest BCUT2D eigenvalue weighted by atomic mass is 10.2. The van der Waals surface area contributed by atoms with E-state index < -0.39 is 0 Å². The predicted molar refractivity (Wildman–Crippen MR) is 91.0 cm³/mol. The number of anilines is 1. The molecule has 0 radical (unpaired) electrons. The summed E-state index contributed by atoms with van der Waals surface area (Å²) in [5.41, 5.74) is 1.47. The van der Waals surface area contributed by atoms with Gasteiger partial charge in [0, 0.05) is 29.6 Å². The number of methoxy groups -OCH3 is 2. The lowest BCUT2D eigenvalue weighted by Gasteiger charge is -2.11. The molecule has 0 spiro atoms. The molecule has 2 aromatic carbocycles. The van der Waals surface area contributed by atoms with E-state index in [4.69, 9.17) is 9.47 Å². The largest absolute Gasteiger partial charge is 0.497 e. The summed E-state index contributed by atoms with van der Waals surface area (Å²) in [6.45, 7) is 0. The van der Waals surface area contributed by atoms with Crippen molar-refractivity contribution in [2.24, 2.45) is 0 Å². The molecule has 3 aromatic rings. The van der Waals surface area contributed by atoms with E-state index in [1.54, 1.807) is 34.9 Å². The van der Waals surface area contributed by atoms with E-state index in [0.29, 0.717) is 28.6 Å². The van der Waals surface area contributed by atoms with Crippen LogP contribution in [-0.4, -0.2) is 29.7 Å². The van der Waals surface area contributed by atoms with Crippen LogP contribution in [0.5, 0.6) is 11.5 Å². The van der Waals surface area contributed by atoms with E-state index in [1.165, 1.54) is 38.9 Å². The molecule has 1 heterocycles. The van der Waals surface area contributed by atoms with E-state index in [0.717, 1.165) is 0 Å². The first-order chi connectivity index (χ1) is 12.1. The number of imidazole rings is 1. The quantitative estimate of drug-likeness (QED) is 0.773. The molecule has 0 aliphatic heterocycles. The third-order valence-corrected chi connectivity index (χ3v) is 3.59. The Bertz CT molecular complexity index is 869. The van der Waals surface area contributed by atoms with Gasteiger partial charge >= 0.3 is 0 Å². The van der Waals surface area contributed by atoms with E-state index in [1.807, 2.05) is 0 Å². The molecule has 3 rings (SSSR count). The fourth-order valence-electron chi connectivity index (χ4n) is 2.35. The Balaban J connectivity index is 1.88. The van der Waals surface area contributed by atoms with Crippen molar-refractivity contribution in [3.05, 3.63) is 66.5 Å². The molecule has 25 heavy (non-hydrogen) atoms. The highest BCUT2D eigenvalue weighted by Gasteiger charge is 2.14. The molecule has 0 atom stereocenters. The Morgan fingerprint density at radius 2 is 1.72 bits per heavy atom. The molecule has 0 saturated heterocycles.